The molecule has 1 fully saturated rings. The number of hydrogen-bond donors (Lipinski definition) is 2. The van der Waals surface area contributed by atoms with Crippen molar-refractivity contribution in [3.63, 3.8) is 0 Å². The lowest BCUT2D eigenvalue weighted by atomic mass is 10.0. The summed E-state index contributed by atoms with van der Waals surface area (Å²) in [6.45, 7) is 2.87. The molecule has 4 rings (SSSR count). The van der Waals surface area contributed by atoms with Gasteiger partial charge in [0.2, 0.25) is 5.91 Å². The third-order valence-corrected chi connectivity index (χ3v) is 7.21. The Balaban J connectivity index is 1.23. The van der Waals surface area contributed by atoms with E-state index in [1.807, 2.05) is 18.2 Å². The minimum atomic E-state index is -3.55. The highest BCUT2D eigenvalue weighted by atomic mass is 32.2. The third-order valence-electron chi connectivity index (χ3n) is 5.81. The van der Waals surface area contributed by atoms with Crippen LogP contribution in [0.1, 0.15) is 30.4 Å². The number of carbonyl (C=O) groups excluding carboxylic acids is 1. The number of para-hydroxylation sites is 1. The van der Waals surface area contributed by atoms with Crippen LogP contribution in [0.3, 0.4) is 0 Å². The number of carbonyl (C=O) groups is 1. The van der Waals surface area contributed by atoms with E-state index in [1.165, 1.54) is 5.56 Å². The number of amides is 1. The lowest BCUT2D eigenvalue weighted by molar-refractivity contribution is -0.121. The number of benzene rings is 2. The number of methoxy groups -OCH3 is 1. The highest BCUT2D eigenvalue weighted by molar-refractivity contribution is 7.90. The molecule has 0 bridgehead atoms. The first kappa shape index (κ1) is 22.3. The molecule has 0 spiro atoms. The maximum Gasteiger partial charge on any atom is 0.263 e. The van der Waals surface area contributed by atoms with Crippen LogP contribution in [-0.4, -0.2) is 57.8 Å². The van der Waals surface area contributed by atoms with Crippen LogP contribution in [0.5, 0.6) is 5.75 Å². The van der Waals surface area contributed by atoms with Crippen LogP contribution in [0, 0.1) is 0 Å². The van der Waals surface area contributed by atoms with Gasteiger partial charge in [-0.05, 0) is 31.0 Å². The van der Waals surface area contributed by atoms with E-state index >= 15 is 0 Å². The Morgan fingerprint density at radius 2 is 1.88 bits per heavy atom. The fourth-order valence-corrected chi connectivity index (χ4v) is 5.38. The van der Waals surface area contributed by atoms with Gasteiger partial charge in [0.25, 0.3) is 10.0 Å². The summed E-state index contributed by atoms with van der Waals surface area (Å²) in [4.78, 5) is 19.3. The second-order valence-electron chi connectivity index (χ2n) is 8.01. The number of ether oxygens (including phenoxy) is 1. The van der Waals surface area contributed by atoms with Crippen LogP contribution in [0.4, 0.5) is 0 Å². The van der Waals surface area contributed by atoms with E-state index < -0.39 is 10.0 Å². The molecule has 2 heterocycles. The first-order chi connectivity index (χ1) is 15.5. The van der Waals surface area contributed by atoms with Gasteiger partial charge in [-0.2, -0.15) is 0 Å². The van der Waals surface area contributed by atoms with Crippen molar-refractivity contribution in [2.45, 2.75) is 36.7 Å². The lowest BCUT2D eigenvalue weighted by Crippen LogP contribution is -2.44. The summed E-state index contributed by atoms with van der Waals surface area (Å²) in [5, 5.41) is 3.09. The zero-order valence-electron chi connectivity index (χ0n) is 18.1. The van der Waals surface area contributed by atoms with Gasteiger partial charge < -0.3 is 10.1 Å². The zero-order chi connectivity index (χ0) is 22.6. The Morgan fingerprint density at radius 3 is 2.66 bits per heavy atom. The summed E-state index contributed by atoms with van der Waals surface area (Å²) in [7, 11) is -1.87. The molecule has 1 saturated heterocycles. The van der Waals surface area contributed by atoms with E-state index in [2.05, 4.69) is 26.0 Å². The summed E-state index contributed by atoms with van der Waals surface area (Å²) in [6, 6.07) is 14.9. The molecular formula is C23H28N4O4S. The fraction of sp³-hybridized carbons (Fsp3) is 0.391. The molecule has 1 amide bonds. The van der Waals surface area contributed by atoms with E-state index in [-0.39, 0.29) is 29.8 Å². The molecule has 0 atom stereocenters. The number of amidine groups is 1. The van der Waals surface area contributed by atoms with Crippen molar-refractivity contribution in [1.29, 1.82) is 0 Å². The number of nitrogens with zero attached hydrogens (tertiary/aromatic N) is 2. The number of hydrogen-bond acceptors (Lipinski definition) is 6. The van der Waals surface area contributed by atoms with Gasteiger partial charge in [-0.3, -0.25) is 19.4 Å². The molecule has 0 saturated carbocycles. The van der Waals surface area contributed by atoms with Gasteiger partial charge in [0.1, 0.15) is 11.6 Å². The minimum absolute atomic E-state index is 0.0633. The quantitative estimate of drug-likeness (QED) is 0.663. The predicted molar refractivity (Wildman–Crippen MR) is 122 cm³/mol. The molecule has 0 unspecified atom stereocenters. The average Bonchev–Trinajstić information content (AvgIpc) is 3.06. The maximum absolute atomic E-state index is 12.4. The van der Waals surface area contributed by atoms with Crippen LogP contribution in [-0.2, 0) is 21.4 Å². The van der Waals surface area contributed by atoms with Crippen molar-refractivity contribution >= 4 is 21.8 Å². The molecule has 0 radical (unpaired) electrons. The monoisotopic (exact) mass is 456 g/mol. The van der Waals surface area contributed by atoms with Crippen molar-refractivity contribution < 1.29 is 17.9 Å². The molecule has 2 N–H and O–H groups in total. The Hall–Kier alpha value is -2.91. The van der Waals surface area contributed by atoms with Crippen LogP contribution in [0.15, 0.2) is 58.4 Å². The van der Waals surface area contributed by atoms with E-state index in [0.717, 1.165) is 38.2 Å². The smallest absolute Gasteiger partial charge is 0.263 e. The molecule has 2 aromatic rings. The molecule has 0 aromatic heterocycles. The largest absolute Gasteiger partial charge is 0.496 e. The van der Waals surface area contributed by atoms with Crippen LogP contribution < -0.4 is 14.8 Å². The summed E-state index contributed by atoms with van der Waals surface area (Å²) in [6.07, 6.45) is 2.00. The van der Waals surface area contributed by atoms with Gasteiger partial charge in [0.05, 0.1) is 18.6 Å². The number of sulfonamides is 1. The minimum Gasteiger partial charge on any atom is -0.496 e. The molecule has 8 nitrogen and oxygen atoms in total. The normalized spacial score (nSPS) is 19.3. The number of aliphatic imine (C=N–C) groups is 1. The standard InChI is InChI=1S/C23H28N4O4S/c1-31-20-8-4-2-6-17(20)16-27-14-11-18(12-15-27)25-22(28)10-13-24-23-19-7-3-5-9-21(19)32(29,30)26-23/h2-9,18H,10-16H2,1H3,(H,24,26)(H,25,28). The zero-order valence-corrected chi connectivity index (χ0v) is 18.9. The van der Waals surface area contributed by atoms with Crippen LogP contribution in [0.25, 0.3) is 0 Å². The molecule has 170 valence electrons. The van der Waals surface area contributed by atoms with E-state index in [1.54, 1.807) is 31.4 Å². The Morgan fingerprint density at radius 1 is 1.16 bits per heavy atom. The third kappa shape index (κ3) is 5.11. The van der Waals surface area contributed by atoms with Gasteiger partial charge in [0, 0.05) is 43.2 Å². The molecule has 2 aliphatic heterocycles. The molecule has 32 heavy (non-hydrogen) atoms. The van der Waals surface area contributed by atoms with E-state index in [0.29, 0.717) is 11.4 Å². The SMILES string of the molecule is COc1ccccc1CN1CCC(NC(=O)CCN=C2NS(=O)(=O)c3ccccc32)CC1. The molecule has 0 aliphatic carbocycles. The number of rotatable bonds is 7. The summed E-state index contributed by atoms with van der Waals surface area (Å²) < 4.78 is 32.1. The number of piperidine rings is 1. The highest BCUT2D eigenvalue weighted by Gasteiger charge is 2.30. The van der Waals surface area contributed by atoms with Gasteiger partial charge in [-0.15, -0.1) is 0 Å². The van der Waals surface area contributed by atoms with Crippen molar-refractivity contribution in [3.05, 3.63) is 59.7 Å². The van der Waals surface area contributed by atoms with E-state index in [4.69, 9.17) is 4.74 Å². The lowest BCUT2D eigenvalue weighted by Gasteiger charge is -2.32. The highest BCUT2D eigenvalue weighted by Crippen LogP contribution is 2.23. The maximum atomic E-state index is 12.4. The predicted octanol–water partition coefficient (Wildman–Crippen LogP) is 1.90. The Bertz CT molecular complexity index is 1110. The summed E-state index contributed by atoms with van der Waals surface area (Å²) >= 11 is 0. The Kier molecular flexibility index (Phi) is 6.76. The van der Waals surface area contributed by atoms with E-state index in [9.17, 15) is 13.2 Å². The summed E-state index contributed by atoms with van der Waals surface area (Å²) in [5.74, 6) is 1.14. The van der Waals surface area contributed by atoms with Crippen molar-refractivity contribution in [2.75, 3.05) is 26.7 Å². The molecule has 2 aromatic carbocycles. The second kappa shape index (κ2) is 9.70. The van der Waals surface area contributed by atoms with Gasteiger partial charge in [0.15, 0.2) is 0 Å². The summed E-state index contributed by atoms with van der Waals surface area (Å²) in [5.41, 5.74) is 1.72. The Labute approximate surface area is 188 Å². The first-order valence-corrected chi connectivity index (χ1v) is 12.2. The van der Waals surface area contributed by atoms with Gasteiger partial charge in [-0.1, -0.05) is 30.3 Å². The van der Waals surface area contributed by atoms with Crippen molar-refractivity contribution in [1.82, 2.24) is 14.9 Å². The van der Waals surface area contributed by atoms with Crippen molar-refractivity contribution in [2.24, 2.45) is 4.99 Å². The first-order valence-electron chi connectivity index (χ1n) is 10.8. The van der Waals surface area contributed by atoms with Crippen LogP contribution >= 0.6 is 0 Å². The van der Waals surface area contributed by atoms with Crippen LogP contribution in [0.2, 0.25) is 0 Å². The topological polar surface area (TPSA) is 100 Å². The molecule has 9 heteroatoms. The molecule has 2 aliphatic rings. The van der Waals surface area contributed by atoms with Gasteiger partial charge in [-0.25, -0.2) is 8.42 Å². The molecular weight excluding hydrogens is 428 g/mol. The number of fused-ring (bicyclic) bond motifs is 1. The average molecular weight is 457 g/mol. The number of likely N-dealkylation sites (tertiary alicyclic amines) is 1. The fourth-order valence-electron chi connectivity index (χ4n) is 4.13. The van der Waals surface area contributed by atoms with Gasteiger partial charge >= 0.3 is 0 Å². The number of nitrogens with one attached hydrogen (secondary N) is 2. The second-order valence-corrected chi connectivity index (χ2v) is 9.66. The van der Waals surface area contributed by atoms with Crippen molar-refractivity contribution in [3.8, 4) is 5.75 Å².